The van der Waals surface area contributed by atoms with Crippen molar-refractivity contribution in [2.75, 3.05) is 44.2 Å². The minimum atomic E-state index is 0.0766. The van der Waals surface area contributed by atoms with Crippen molar-refractivity contribution in [2.24, 2.45) is 5.92 Å². The molecule has 2 aliphatic rings. The molecule has 1 aromatic carbocycles. The quantitative estimate of drug-likeness (QED) is 0.498. The van der Waals surface area contributed by atoms with Gasteiger partial charge in [0.15, 0.2) is 11.5 Å². The van der Waals surface area contributed by atoms with Crippen molar-refractivity contribution in [3.63, 3.8) is 0 Å². The average Bonchev–Trinajstić information content (AvgIpc) is 3.13. The molecule has 2 aliphatic heterocycles. The maximum absolute atomic E-state index is 12.7. The number of rotatable bonds is 7. The third kappa shape index (κ3) is 5.93. The van der Waals surface area contributed by atoms with Crippen molar-refractivity contribution in [1.29, 1.82) is 0 Å². The van der Waals surface area contributed by atoms with Gasteiger partial charge in [-0.15, -0.1) is 15.3 Å². The van der Waals surface area contributed by atoms with Gasteiger partial charge in [-0.1, -0.05) is 24.4 Å². The number of amides is 1. The SMILES string of the molecule is O=C(NCCCN1CCCCCC1)C1CCN(c2ccc3nnc(-c4ccc(Cl)cc4)n3n2)CC1. The van der Waals surface area contributed by atoms with Crippen LogP contribution in [0.15, 0.2) is 36.4 Å². The zero-order chi connectivity index (χ0) is 24.0. The molecule has 8 nitrogen and oxygen atoms in total. The van der Waals surface area contributed by atoms with Crippen LogP contribution in [0.2, 0.25) is 5.02 Å². The van der Waals surface area contributed by atoms with E-state index in [0.717, 1.165) is 56.8 Å². The highest BCUT2D eigenvalue weighted by atomic mass is 35.5. The number of aromatic nitrogens is 4. The number of carbonyl (C=O) groups excluding carboxylic acids is 1. The number of likely N-dealkylation sites (tertiary alicyclic amines) is 1. The first-order valence-corrected chi connectivity index (χ1v) is 13.3. The Labute approximate surface area is 211 Å². The molecule has 2 saturated heterocycles. The highest BCUT2D eigenvalue weighted by molar-refractivity contribution is 6.30. The number of nitrogens with zero attached hydrogens (tertiary/aromatic N) is 6. The molecule has 2 aromatic heterocycles. The van der Waals surface area contributed by atoms with Crippen molar-refractivity contribution in [1.82, 2.24) is 30.0 Å². The summed E-state index contributed by atoms with van der Waals surface area (Å²) in [5.41, 5.74) is 1.62. The van der Waals surface area contributed by atoms with Gasteiger partial charge in [-0.2, -0.15) is 4.52 Å². The minimum absolute atomic E-state index is 0.0766. The smallest absolute Gasteiger partial charge is 0.223 e. The third-order valence-corrected chi connectivity index (χ3v) is 7.44. The number of hydrogen-bond donors (Lipinski definition) is 1. The average molecular weight is 496 g/mol. The zero-order valence-electron chi connectivity index (χ0n) is 20.2. The Morgan fingerprint density at radius 2 is 1.69 bits per heavy atom. The Morgan fingerprint density at radius 1 is 0.943 bits per heavy atom. The van der Waals surface area contributed by atoms with Gasteiger partial charge >= 0.3 is 0 Å². The fourth-order valence-corrected chi connectivity index (χ4v) is 5.24. The molecule has 4 heterocycles. The van der Waals surface area contributed by atoms with Crippen LogP contribution in [-0.2, 0) is 4.79 Å². The molecule has 0 unspecified atom stereocenters. The van der Waals surface area contributed by atoms with Crippen molar-refractivity contribution < 1.29 is 4.79 Å². The van der Waals surface area contributed by atoms with E-state index in [2.05, 4.69) is 25.3 Å². The largest absolute Gasteiger partial charge is 0.356 e. The van der Waals surface area contributed by atoms with E-state index in [9.17, 15) is 4.79 Å². The Balaban J connectivity index is 1.13. The van der Waals surface area contributed by atoms with Crippen LogP contribution in [0.5, 0.6) is 0 Å². The molecule has 2 fully saturated rings. The molecule has 1 N–H and O–H groups in total. The van der Waals surface area contributed by atoms with Crippen LogP contribution in [-0.4, -0.2) is 69.9 Å². The van der Waals surface area contributed by atoms with Gasteiger partial charge in [0.2, 0.25) is 5.91 Å². The second-order valence-corrected chi connectivity index (χ2v) is 10.1. The zero-order valence-corrected chi connectivity index (χ0v) is 21.0. The summed E-state index contributed by atoms with van der Waals surface area (Å²) < 4.78 is 1.78. The molecule has 5 rings (SSSR count). The number of carbonyl (C=O) groups is 1. The molecular formula is C26H34ClN7O. The molecule has 0 radical (unpaired) electrons. The summed E-state index contributed by atoms with van der Waals surface area (Å²) in [6, 6.07) is 11.5. The maximum Gasteiger partial charge on any atom is 0.223 e. The van der Waals surface area contributed by atoms with E-state index in [4.69, 9.17) is 16.7 Å². The van der Waals surface area contributed by atoms with Gasteiger partial charge in [0.1, 0.15) is 5.82 Å². The van der Waals surface area contributed by atoms with Crippen LogP contribution < -0.4 is 10.2 Å². The molecule has 0 spiro atoms. The second-order valence-electron chi connectivity index (χ2n) is 9.65. The summed E-state index contributed by atoms with van der Waals surface area (Å²) in [7, 11) is 0. The number of anilines is 1. The van der Waals surface area contributed by atoms with Gasteiger partial charge in [-0.3, -0.25) is 4.79 Å². The van der Waals surface area contributed by atoms with E-state index in [1.807, 2.05) is 36.4 Å². The fraction of sp³-hybridized carbons (Fsp3) is 0.538. The Kier molecular flexibility index (Phi) is 7.79. The molecular weight excluding hydrogens is 462 g/mol. The first kappa shape index (κ1) is 24.0. The molecule has 0 saturated carbocycles. The number of benzene rings is 1. The number of hydrogen-bond acceptors (Lipinski definition) is 6. The van der Waals surface area contributed by atoms with Gasteiger partial charge < -0.3 is 15.1 Å². The normalized spacial score (nSPS) is 18.0. The predicted octanol–water partition coefficient (Wildman–Crippen LogP) is 4.04. The minimum Gasteiger partial charge on any atom is -0.356 e. The van der Waals surface area contributed by atoms with E-state index < -0.39 is 0 Å². The molecule has 186 valence electrons. The summed E-state index contributed by atoms with van der Waals surface area (Å²) in [6.07, 6.45) is 8.05. The van der Waals surface area contributed by atoms with Crippen molar-refractivity contribution >= 4 is 29.0 Å². The topological polar surface area (TPSA) is 78.7 Å². The van der Waals surface area contributed by atoms with Gasteiger partial charge in [-0.25, -0.2) is 0 Å². The fourth-order valence-electron chi connectivity index (χ4n) is 5.12. The summed E-state index contributed by atoms with van der Waals surface area (Å²) in [6.45, 7) is 5.90. The van der Waals surface area contributed by atoms with E-state index >= 15 is 0 Å². The Bertz CT molecular complexity index is 1120. The van der Waals surface area contributed by atoms with E-state index in [1.54, 1.807) is 4.52 Å². The van der Waals surface area contributed by atoms with Crippen LogP contribution in [0.4, 0.5) is 5.82 Å². The van der Waals surface area contributed by atoms with Crippen molar-refractivity contribution in [3.8, 4) is 11.4 Å². The van der Waals surface area contributed by atoms with Crippen LogP contribution in [0.25, 0.3) is 17.0 Å². The monoisotopic (exact) mass is 495 g/mol. The van der Waals surface area contributed by atoms with E-state index in [0.29, 0.717) is 16.5 Å². The van der Waals surface area contributed by atoms with Gasteiger partial charge in [0.25, 0.3) is 0 Å². The highest BCUT2D eigenvalue weighted by Crippen LogP contribution is 2.24. The van der Waals surface area contributed by atoms with Crippen LogP contribution in [0, 0.1) is 5.92 Å². The number of halogens is 1. The summed E-state index contributed by atoms with van der Waals surface area (Å²) in [5.74, 6) is 1.84. The van der Waals surface area contributed by atoms with Crippen LogP contribution in [0.1, 0.15) is 44.9 Å². The second kappa shape index (κ2) is 11.4. The summed E-state index contributed by atoms with van der Waals surface area (Å²) in [4.78, 5) is 17.5. The number of fused-ring (bicyclic) bond motifs is 1. The molecule has 1 amide bonds. The van der Waals surface area contributed by atoms with Gasteiger partial charge in [0, 0.05) is 36.1 Å². The first-order chi connectivity index (χ1) is 17.2. The molecule has 0 aliphatic carbocycles. The Morgan fingerprint density at radius 3 is 2.43 bits per heavy atom. The maximum atomic E-state index is 12.7. The molecule has 0 bridgehead atoms. The standard InChI is InChI=1S/C26H34ClN7O/c27-22-8-6-20(7-9-22)25-30-29-23-10-11-24(31-34(23)25)33-18-12-21(13-19-33)26(35)28-14-5-17-32-15-3-1-2-4-16-32/h6-11,21H,1-5,12-19H2,(H,28,35). The van der Waals surface area contributed by atoms with Crippen LogP contribution in [0.3, 0.4) is 0 Å². The molecule has 3 aromatic rings. The van der Waals surface area contributed by atoms with Crippen molar-refractivity contribution in [2.45, 2.75) is 44.9 Å². The Hall–Kier alpha value is -2.71. The lowest BCUT2D eigenvalue weighted by Gasteiger charge is -2.32. The first-order valence-electron chi connectivity index (χ1n) is 12.9. The molecule has 0 atom stereocenters. The summed E-state index contributed by atoms with van der Waals surface area (Å²) >= 11 is 6.03. The van der Waals surface area contributed by atoms with E-state index in [-0.39, 0.29) is 11.8 Å². The lowest BCUT2D eigenvalue weighted by molar-refractivity contribution is -0.125. The van der Waals surface area contributed by atoms with Crippen molar-refractivity contribution in [3.05, 3.63) is 41.4 Å². The highest BCUT2D eigenvalue weighted by Gasteiger charge is 2.26. The number of piperidine rings is 1. The summed E-state index contributed by atoms with van der Waals surface area (Å²) in [5, 5.41) is 17.3. The third-order valence-electron chi connectivity index (χ3n) is 7.19. The predicted molar refractivity (Wildman–Crippen MR) is 139 cm³/mol. The van der Waals surface area contributed by atoms with Crippen LogP contribution >= 0.6 is 11.6 Å². The van der Waals surface area contributed by atoms with Gasteiger partial charge in [0.05, 0.1) is 0 Å². The lowest BCUT2D eigenvalue weighted by Crippen LogP contribution is -2.41. The lowest BCUT2D eigenvalue weighted by atomic mass is 9.96. The van der Waals surface area contributed by atoms with E-state index in [1.165, 1.54) is 38.8 Å². The van der Waals surface area contributed by atoms with Gasteiger partial charge in [-0.05, 0) is 88.1 Å². The molecule has 35 heavy (non-hydrogen) atoms. The number of nitrogens with one attached hydrogen (secondary N) is 1. The molecule has 9 heteroatoms.